The first kappa shape index (κ1) is 16.5. The number of hydrogen-bond acceptors (Lipinski definition) is 3. The van der Waals surface area contributed by atoms with Gasteiger partial charge < -0.3 is 10.1 Å². The number of rotatable bonds is 10. The van der Waals surface area contributed by atoms with E-state index in [9.17, 15) is 0 Å². The largest absolute Gasteiger partial charge is 0.383 e. The Morgan fingerprint density at radius 3 is 2.29 bits per heavy atom. The number of ether oxygens (including phenoxy) is 1. The topological polar surface area (TPSA) is 24.5 Å². The fourth-order valence-electron chi connectivity index (χ4n) is 2.76. The highest BCUT2D eigenvalue weighted by Crippen LogP contribution is 2.32. The molecule has 1 N–H and O–H groups in total. The van der Waals surface area contributed by atoms with Crippen molar-refractivity contribution in [3.05, 3.63) is 35.4 Å². The first-order valence-electron chi connectivity index (χ1n) is 8.29. The Morgan fingerprint density at radius 2 is 1.76 bits per heavy atom. The Bertz CT molecular complexity index is 396. The van der Waals surface area contributed by atoms with Crippen LogP contribution in [0.4, 0.5) is 0 Å². The Balaban J connectivity index is 1.81. The van der Waals surface area contributed by atoms with E-state index < -0.39 is 0 Å². The molecule has 0 aromatic heterocycles. The smallest absolute Gasteiger partial charge is 0.0618 e. The molecule has 0 bridgehead atoms. The highest BCUT2D eigenvalue weighted by Gasteiger charge is 2.30. The maximum absolute atomic E-state index is 5.31. The van der Waals surface area contributed by atoms with E-state index in [-0.39, 0.29) is 0 Å². The number of nitrogens with zero attached hydrogens (tertiary/aromatic N) is 1. The Labute approximate surface area is 129 Å². The molecule has 1 atom stereocenters. The predicted octanol–water partition coefficient (Wildman–Crippen LogP) is 3.04. The molecule has 118 valence electrons. The van der Waals surface area contributed by atoms with Crippen molar-refractivity contribution in [3.8, 4) is 0 Å². The van der Waals surface area contributed by atoms with Gasteiger partial charge in [0.25, 0.3) is 0 Å². The normalized spacial score (nSPS) is 16.4. The van der Waals surface area contributed by atoms with Crippen molar-refractivity contribution in [2.45, 2.75) is 45.8 Å². The zero-order chi connectivity index (χ0) is 15.1. The second-order valence-corrected chi connectivity index (χ2v) is 6.06. The monoisotopic (exact) mass is 290 g/mol. The average molecular weight is 290 g/mol. The molecule has 0 heterocycles. The van der Waals surface area contributed by atoms with Crippen LogP contribution in [0.1, 0.15) is 37.8 Å². The minimum Gasteiger partial charge on any atom is -0.383 e. The van der Waals surface area contributed by atoms with Crippen LogP contribution in [0.15, 0.2) is 24.3 Å². The van der Waals surface area contributed by atoms with E-state index in [2.05, 4.69) is 48.3 Å². The van der Waals surface area contributed by atoms with Gasteiger partial charge in [-0.1, -0.05) is 38.1 Å². The average Bonchev–Trinajstić information content (AvgIpc) is 3.35. The number of benzene rings is 1. The molecule has 0 aliphatic heterocycles. The second kappa shape index (κ2) is 8.52. The van der Waals surface area contributed by atoms with Gasteiger partial charge in [0, 0.05) is 26.2 Å². The van der Waals surface area contributed by atoms with E-state index in [4.69, 9.17) is 4.74 Å². The lowest BCUT2D eigenvalue weighted by Crippen LogP contribution is -2.34. The van der Waals surface area contributed by atoms with E-state index in [1.165, 1.54) is 24.0 Å². The molecule has 1 unspecified atom stereocenters. The summed E-state index contributed by atoms with van der Waals surface area (Å²) in [4.78, 5) is 2.44. The Kier molecular flexibility index (Phi) is 6.68. The zero-order valence-electron chi connectivity index (χ0n) is 13.8. The minimum atomic E-state index is 0.519. The molecule has 21 heavy (non-hydrogen) atoms. The van der Waals surface area contributed by atoms with E-state index in [0.717, 1.165) is 38.7 Å². The summed E-state index contributed by atoms with van der Waals surface area (Å²) in [5, 5.41) is 3.65. The molecule has 1 aliphatic carbocycles. The van der Waals surface area contributed by atoms with Gasteiger partial charge in [-0.25, -0.2) is 0 Å². The lowest BCUT2D eigenvalue weighted by atomic mass is 10.1. The molecule has 0 radical (unpaired) electrons. The predicted molar refractivity (Wildman–Crippen MR) is 88.3 cm³/mol. The van der Waals surface area contributed by atoms with Crippen LogP contribution in [0.5, 0.6) is 0 Å². The van der Waals surface area contributed by atoms with Gasteiger partial charge in [0.15, 0.2) is 0 Å². The van der Waals surface area contributed by atoms with Gasteiger partial charge in [-0.3, -0.25) is 4.90 Å². The molecular formula is C18H30N2O. The highest BCUT2D eigenvalue weighted by atomic mass is 16.5. The Morgan fingerprint density at radius 1 is 1.14 bits per heavy atom. The van der Waals surface area contributed by atoms with Crippen LogP contribution in [-0.2, 0) is 17.8 Å². The second-order valence-electron chi connectivity index (χ2n) is 6.06. The Hall–Kier alpha value is -0.900. The van der Waals surface area contributed by atoms with Crippen molar-refractivity contribution >= 4 is 0 Å². The van der Waals surface area contributed by atoms with Crippen LogP contribution in [0.25, 0.3) is 0 Å². The van der Waals surface area contributed by atoms with Gasteiger partial charge in [-0.15, -0.1) is 0 Å². The molecule has 1 fully saturated rings. The number of hydrogen-bond donors (Lipinski definition) is 1. The zero-order valence-corrected chi connectivity index (χ0v) is 13.8. The summed E-state index contributed by atoms with van der Waals surface area (Å²) in [5.41, 5.74) is 2.76. The van der Waals surface area contributed by atoms with Crippen LogP contribution in [0.2, 0.25) is 0 Å². The van der Waals surface area contributed by atoms with E-state index in [1.54, 1.807) is 7.11 Å². The summed E-state index contributed by atoms with van der Waals surface area (Å²) in [7, 11) is 1.79. The van der Waals surface area contributed by atoms with E-state index in [0.29, 0.717) is 6.04 Å². The third-order valence-electron chi connectivity index (χ3n) is 4.43. The summed E-state index contributed by atoms with van der Waals surface area (Å²) in [6.45, 7) is 9.47. The molecule has 0 saturated heterocycles. The van der Waals surface area contributed by atoms with Crippen LogP contribution in [-0.4, -0.2) is 37.7 Å². The van der Waals surface area contributed by atoms with Crippen molar-refractivity contribution in [1.29, 1.82) is 0 Å². The van der Waals surface area contributed by atoms with Crippen LogP contribution < -0.4 is 5.32 Å². The van der Waals surface area contributed by atoms with Crippen molar-refractivity contribution in [3.63, 3.8) is 0 Å². The lowest BCUT2D eigenvalue weighted by Gasteiger charge is -2.19. The summed E-state index contributed by atoms with van der Waals surface area (Å²) in [6.07, 6.45) is 2.70. The number of nitrogens with one attached hydrogen (secondary N) is 1. The van der Waals surface area contributed by atoms with Crippen LogP contribution in [0.3, 0.4) is 0 Å². The standard InChI is InChI=1S/C18H30N2O/c1-4-20(5-2)13-16-8-6-15(7-9-16)12-19-18(14-21-3)17-10-11-17/h6-9,17-19H,4-5,10-14H2,1-3H3. The molecule has 1 aromatic rings. The third-order valence-corrected chi connectivity index (χ3v) is 4.43. The molecule has 0 amide bonds. The molecule has 1 aliphatic rings. The molecule has 1 saturated carbocycles. The van der Waals surface area contributed by atoms with Crippen LogP contribution >= 0.6 is 0 Å². The maximum atomic E-state index is 5.31. The van der Waals surface area contributed by atoms with Gasteiger partial charge in [0.2, 0.25) is 0 Å². The summed E-state index contributed by atoms with van der Waals surface area (Å²) in [6, 6.07) is 9.55. The van der Waals surface area contributed by atoms with E-state index in [1.807, 2.05) is 0 Å². The van der Waals surface area contributed by atoms with E-state index >= 15 is 0 Å². The van der Waals surface area contributed by atoms with Crippen molar-refractivity contribution in [2.24, 2.45) is 5.92 Å². The lowest BCUT2D eigenvalue weighted by molar-refractivity contribution is 0.157. The summed E-state index contributed by atoms with van der Waals surface area (Å²) in [5.74, 6) is 0.826. The fourth-order valence-corrected chi connectivity index (χ4v) is 2.76. The summed E-state index contributed by atoms with van der Waals surface area (Å²) < 4.78 is 5.31. The first-order valence-corrected chi connectivity index (χ1v) is 8.29. The minimum absolute atomic E-state index is 0.519. The molecule has 0 spiro atoms. The maximum Gasteiger partial charge on any atom is 0.0618 e. The quantitative estimate of drug-likeness (QED) is 0.717. The van der Waals surface area contributed by atoms with Gasteiger partial charge >= 0.3 is 0 Å². The van der Waals surface area contributed by atoms with Crippen molar-refractivity contribution in [1.82, 2.24) is 10.2 Å². The first-order chi connectivity index (χ1) is 10.3. The molecular weight excluding hydrogens is 260 g/mol. The van der Waals surface area contributed by atoms with Gasteiger partial charge in [0.05, 0.1) is 6.61 Å². The molecule has 2 rings (SSSR count). The van der Waals surface area contributed by atoms with Crippen molar-refractivity contribution < 1.29 is 4.74 Å². The highest BCUT2D eigenvalue weighted by molar-refractivity contribution is 5.22. The summed E-state index contributed by atoms with van der Waals surface area (Å²) >= 11 is 0. The molecule has 3 nitrogen and oxygen atoms in total. The van der Waals surface area contributed by atoms with Crippen molar-refractivity contribution in [2.75, 3.05) is 26.8 Å². The third kappa shape index (κ3) is 5.42. The number of methoxy groups -OCH3 is 1. The fraction of sp³-hybridized carbons (Fsp3) is 0.667. The van der Waals surface area contributed by atoms with Gasteiger partial charge in [-0.2, -0.15) is 0 Å². The molecule has 1 aromatic carbocycles. The SMILES string of the molecule is CCN(CC)Cc1ccc(CNC(COC)C2CC2)cc1. The molecule has 3 heteroatoms. The van der Waals surface area contributed by atoms with Crippen LogP contribution in [0, 0.1) is 5.92 Å². The van der Waals surface area contributed by atoms with Gasteiger partial charge in [-0.05, 0) is 43.0 Å². The van der Waals surface area contributed by atoms with Gasteiger partial charge in [0.1, 0.15) is 0 Å².